The van der Waals surface area contributed by atoms with Gasteiger partial charge in [0.15, 0.2) is 11.0 Å². The summed E-state index contributed by atoms with van der Waals surface area (Å²) >= 11 is 2.63. The van der Waals surface area contributed by atoms with Crippen LogP contribution in [0.4, 0.5) is 10.7 Å². The lowest BCUT2D eigenvalue weighted by atomic mass is 10.2. The van der Waals surface area contributed by atoms with Gasteiger partial charge in [-0.3, -0.25) is 4.79 Å². The van der Waals surface area contributed by atoms with E-state index >= 15 is 0 Å². The SMILES string of the molecule is CCOC(=O)c1cc(C)sc1NC(=O)CSc1nnc(-c2cccc(N(C)C)c2)n1C. The number of carbonyl (C=O) groups is 2. The summed E-state index contributed by atoms with van der Waals surface area (Å²) in [5.41, 5.74) is 2.40. The van der Waals surface area contributed by atoms with E-state index in [2.05, 4.69) is 15.5 Å². The normalized spacial score (nSPS) is 10.7. The van der Waals surface area contributed by atoms with Gasteiger partial charge in [-0.2, -0.15) is 0 Å². The number of hydrogen-bond donors (Lipinski definition) is 1. The molecule has 2 aromatic heterocycles. The maximum Gasteiger partial charge on any atom is 0.341 e. The van der Waals surface area contributed by atoms with Gasteiger partial charge in [-0.25, -0.2) is 4.79 Å². The highest BCUT2D eigenvalue weighted by Crippen LogP contribution is 2.29. The average Bonchev–Trinajstić information content (AvgIpc) is 3.28. The Labute approximate surface area is 189 Å². The van der Waals surface area contributed by atoms with Crippen LogP contribution in [0.2, 0.25) is 0 Å². The lowest BCUT2D eigenvalue weighted by Crippen LogP contribution is -2.16. The molecular formula is C21H25N5O3S2. The third-order valence-corrected chi connectivity index (χ3v) is 6.38. The summed E-state index contributed by atoms with van der Waals surface area (Å²) in [6, 6.07) is 9.75. The van der Waals surface area contributed by atoms with Crippen LogP contribution in [0.15, 0.2) is 35.5 Å². The second-order valence-electron chi connectivity index (χ2n) is 6.97. The first-order valence-electron chi connectivity index (χ1n) is 9.67. The Bertz CT molecular complexity index is 1090. The minimum absolute atomic E-state index is 0.142. The molecule has 0 spiro atoms. The number of nitrogens with zero attached hydrogens (tertiary/aromatic N) is 4. The monoisotopic (exact) mass is 459 g/mol. The van der Waals surface area contributed by atoms with E-state index in [-0.39, 0.29) is 18.3 Å². The van der Waals surface area contributed by atoms with Crippen LogP contribution in [-0.2, 0) is 16.6 Å². The van der Waals surface area contributed by atoms with E-state index in [1.807, 2.05) is 61.8 Å². The first-order valence-corrected chi connectivity index (χ1v) is 11.5. The first-order chi connectivity index (χ1) is 14.8. The molecule has 0 saturated carbocycles. The van der Waals surface area contributed by atoms with Gasteiger partial charge in [-0.1, -0.05) is 23.9 Å². The number of benzene rings is 1. The lowest BCUT2D eigenvalue weighted by molar-refractivity contribution is -0.113. The number of anilines is 2. The van der Waals surface area contributed by atoms with Gasteiger partial charge in [0.2, 0.25) is 5.91 Å². The molecule has 1 aromatic carbocycles. The molecule has 0 aliphatic heterocycles. The van der Waals surface area contributed by atoms with Gasteiger partial charge in [-0.05, 0) is 32.0 Å². The molecule has 0 aliphatic rings. The maximum atomic E-state index is 12.5. The van der Waals surface area contributed by atoms with Crippen molar-refractivity contribution >= 4 is 45.7 Å². The van der Waals surface area contributed by atoms with E-state index < -0.39 is 5.97 Å². The molecule has 1 N–H and O–H groups in total. The number of esters is 1. The molecule has 1 amide bonds. The fourth-order valence-electron chi connectivity index (χ4n) is 2.88. The molecule has 0 aliphatic carbocycles. The molecule has 8 nitrogen and oxygen atoms in total. The average molecular weight is 460 g/mol. The fourth-order valence-corrected chi connectivity index (χ4v) is 4.50. The highest BCUT2D eigenvalue weighted by Gasteiger charge is 2.19. The van der Waals surface area contributed by atoms with Crippen molar-refractivity contribution in [2.75, 3.05) is 36.7 Å². The fraction of sp³-hybridized carbons (Fsp3) is 0.333. The molecule has 0 unspecified atom stereocenters. The smallest absolute Gasteiger partial charge is 0.341 e. The first kappa shape index (κ1) is 22.8. The largest absolute Gasteiger partial charge is 0.462 e. The number of rotatable bonds is 8. The van der Waals surface area contributed by atoms with E-state index in [0.717, 1.165) is 22.0 Å². The Morgan fingerprint density at radius 3 is 2.74 bits per heavy atom. The summed E-state index contributed by atoms with van der Waals surface area (Å²) in [5.74, 6) is 0.206. The number of ether oxygens (including phenoxy) is 1. The Hall–Kier alpha value is -2.85. The number of amides is 1. The van der Waals surface area contributed by atoms with Crippen LogP contribution < -0.4 is 10.2 Å². The van der Waals surface area contributed by atoms with E-state index in [9.17, 15) is 9.59 Å². The van der Waals surface area contributed by atoms with E-state index in [1.54, 1.807) is 13.0 Å². The molecule has 0 radical (unpaired) electrons. The number of carbonyl (C=O) groups excluding carboxylic acids is 2. The summed E-state index contributed by atoms with van der Waals surface area (Å²) < 4.78 is 6.93. The standard InChI is InChI=1S/C21H25N5O3S2/c1-6-29-20(28)16-10-13(2)31-19(16)22-17(27)12-30-21-24-23-18(26(21)5)14-8-7-9-15(11-14)25(3)4/h7-11H,6,12H2,1-5H3,(H,22,27). The molecule has 0 saturated heterocycles. The molecule has 0 atom stereocenters. The predicted molar refractivity (Wildman–Crippen MR) is 125 cm³/mol. The lowest BCUT2D eigenvalue weighted by Gasteiger charge is -2.13. The van der Waals surface area contributed by atoms with Crippen LogP contribution in [0.5, 0.6) is 0 Å². The van der Waals surface area contributed by atoms with E-state index in [1.165, 1.54) is 23.1 Å². The van der Waals surface area contributed by atoms with Crippen LogP contribution in [0.1, 0.15) is 22.2 Å². The van der Waals surface area contributed by atoms with Gasteiger partial charge >= 0.3 is 5.97 Å². The van der Waals surface area contributed by atoms with Crippen molar-refractivity contribution in [1.29, 1.82) is 0 Å². The summed E-state index contributed by atoms with van der Waals surface area (Å²) in [7, 11) is 5.84. The van der Waals surface area contributed by atoms with Crippen LogP contribution >= 0.6 is 23.1 Å². The second kappa shape index (κ2) is 9.97. The third kappa shape index (κ3) is 5.45. The van der Waals surface area contributed by atoms with Gasteiger partial charge in [0.1, 0.15) is 5.00 Å². The molecule has 10 heteroatoms. The molecule has 2 heterocycles. The Balaban J connectivity index is 1.67. The van der Waals surface area contributed by atoms with Gasteiger partial charge in [0.25, 0.3) is 0 Å². The predicted octanol–water partition coefficient (Wildman–Crippen LogP) is 3.83. The van der Waals surface area contributed by atoms with Crippen LogP contribution in [0.25, 0.3) is 11.4 Å². The summed E-state index contributed by atoms with van der Waals surface area (Å²) in [4.78, 5) is 27.5. The van der Waals surface area contributed by atoms with Crippen molar-refractivity contribution in [3.05, 3.63) is 40.8 Å². The van der Waals surface area contributed by atoms with Crippen molar-refractivity contribution in [1.82, 2.24) is 14.8 Å². The molecule has 31 heavy (non-hydrogen) atoms. The summed E-state index contributed by atoms with van der Waals surface area (Å²) in [5, 5.41) is 12.5. The van der Waals surface area contributed by atoms with Gasteiger partial charge < -0.3 is 19.5 Å². The molecule has 3 rings (SSSR count). The quantitative estimate of drug-likeness (QED) is 0.404. The van der Waals surface area contributed by atoms with E-state index in [4.69, 9.17) is 4.74 Å². The number of thioether (sulfide) groups is 1. The zero-order chi connectivity index (χ0) is 22.5. The minimum Gasteiger partial charge on any atom is -0.462 e. The van der Waals surface area contributed by atoms with Crippen molar-refractivity contribution in [2.45, 2.75) is 19.0 Å². The molecule has 3 aromatic rings. The highest BCUT2D eigenvalue weighted by atomic mass is 32.2. The number of aromatic nitrogens is 3. The Morgan fingerprint density at radius 1 is 1.26 bits per heavy atom. The Kier molecular flexibility index (Phi) is 7.34. The second-order valence-corrected chi connectivity index (χ2v) is 9.17. The molecule has 0 bridgehead atoms. The minimum atomic E-state index is -0.437. The van der Waals surface area contributed by atoms with Crippen molar-refractivity contribution in [2.24, 2.45) is 7.05 Å². The number of aryl methyl sites for hydroxylation is 1. The molecular weight excluding hydrogens is 434 g/mol. The van der Waals surface area contributed by atoms with Crippen molar-refractivity contribution in [3.63, 3.8) is 0 Å². The summed E-state index contributed by atoms with van der Waals surface area (Å²) in [6.07, 6.45) is 0. The van der Waals surface area contributed by atoms with E-state index in [0.29, 0.717) is 15.7 Å². The van der Waals surface area contributed by atoms with Crippen LogP contribution in [0.3, 0.4) is 0 Å². The zero-order valence-corrected chi connectivity index (χ0v) is 19.8. The van der Waals surface area contributed by atoms with Crippen LogP contribution in [0, 0.1) is 6.92 Å². The third-order valence-electron chi connectivity index (χ3n) is 4.39. The maximum absolute atomic E-state index is 12.5. The molecule has 0 fully saturated rings. The molecule has 164 valence electrons. The van der Waals surface area contributed by atoms with Crippen LogP contribution in [-0.4, -0.2) is 53.1 Å². The Morgan fingerprint density at radius 2 is 2.03 bits per heavy atom. The topological polar surface area (TPSA) is 89.3 Å². The van der Waals surface area contributed by atoms with Crippen molar-refractivity contribution in [3.8, 4) is 11.4 Å². The van der Waals surface area contributed by atoms with Gasteiger partial charge in [0.05, 0.1) is 17.9 Å². The number of hydrogen-bond acceptors (Lipinski definition) is 8. The zero-order valence-electron chi connectivity index (χ0n) is 18.1. The van der Waals surface area contributed by atoms with Gasteiger partial charge in [0, 0.05) is 37.3 Å². The number of thiophene rings is 1. The number of nitrogens with one attached hydrogen (secondary N) is 1. The van der Waals surface area contributed by atoms with Crippen molar-refractivity contribution < 1.29 is 14.3 Å². The summed E-state index contributed by atoms with van der Waals surface area (Å²) in [6.45, 7) is 3.91. The van der Waals surface area contributed by atoms with Gasteiger partial charge in [-0.15, -0.1) is 21.5 Å². The highest BCUT2D eigenvalue weighted by molar-refractivity contribution is 7.99.